The molecule has 1 radical (unpaired) electrons. The highest BCUT2D eigenvalue weighted by atomic mass is 16.5. The van der Waals surface area contributed by atoms with Crippen molar-refractivity contribution in [3.05, 3.63) is 60.2 Å². The summed E-state index contributed by atoms with van der Waals surface area (Å²) >= 11 is 0. The second kappa shape index (κ2) is 11.7. The number of carbonyl (C=O) groups excluding carboxylic acids is 3. The molecule has 2 aromatic carbocycles. The number of nitrogens with zero attached hydrogens (tertiary/aromatic N) is 4. The van der Waals surface area contributed by atoms with Crippen LogP contribution in [0.1, 0.15) is 37.7 Å². The largest absolute Gasteiger partial charge is 0.496 e. The molecule has 3 aliphatic rings. The first kappa shape index (κ1) is 28.6. The fraction of sp³-hybridized carbons (Fsp3) is 0.424. The average Bonchev–Trinajstić information content (AvgIpc) is 3.53. The molecule has 3 amide bonds. The Morgan fingerprint density at radius 3 is 2.70 bits per heavy atom. The third-order valence-corrected chi connectivity index (χ3v) is 8.65. The summed E-state index contributed by atoms with van der Waals surface area (Å²) in [5, 5.41) is 3.63. The Kier molecular flexibility index (Phi) is 7.77. The number of ether oxygens (including phenoxy) is 2. The van der Waals surface area contributed by atoms with E-state index in [0.717, 1.165) is 30.4 Å². The van der Waals surface area contributed by atoms with Crippen LogP contribution >= 0.6 is 0 Å². The van der Waals surface area contributed by atoms with Gasteiger partial charge in [0.05, 0.1) is 24.6 Å². The zero-order valence-corrected chi connectivity index (χ0v) is 24.7. The summed E-state index contributed by atoms with van der Waals surface area (Å²) in [5.74, 6) is 1.11. The first-order chi connectivity index (χ1) is 20.8. The Balaban J connectivity index is 1.34. The SMILES string of the molecule is COc1cc2nc(-c3ccccc3)nc(OC3CC4C(=O)NC5([C]=O)CC5/C=C/CCCCN(C)C(=O)N4C3)c2cc1C. The van der Waals surface area contributed by atoms with Crippen LogP contribution in [0.15, 0.2) is 54.6 Å². The predicted molar refractivity (Wildman–Crippen MR) is 161 cm³/mol. The summed E-state index contributed by atoms with van der Waals surface area (Å²) in [6.45, 7) is 2.72. The molecule has 4 atom stereocenters. The predicted octanol–water partition coefficient (Wildman–Crippen LogP) is 4.21. The molecule has 1 N–H and O–H groups in total. The van der Waals surface area contributed by atoms with Crippen molar-refractivity contribution >= 4 is 29.1 Å². The number of nitrogens with one attached hydrogen (secondary N) is 1. The van der Waals surface area contributed by atoms with Crippen LogP contribution in [0.2, 0.25) is 0 Å². The molecule has 6 rings (SSSR count). The van der Waals surface area contributed by atoms with Gasteiger partial charge < -0.3 is 24.6 Å². The molecule has 1 aromatic heterocycles. The molecule has 223 valence electrons. The number of rotatable bonds is 5. The first-order valence-corrected chi connectivity index (χ1v) is 14.8. The van der Waals surface area contributed by atoms with Gasteiger partial charge in [-0.2, -0.15) is 4.98 Å². The van der Waals surface area contributed by atoms with Crippen LogP contribution in [0, 0.1) is 12.8 Å². The Morgan fingerprint density at radius 1 is 1.12 bits per heavy atom. The first-order valence-electron chi connectivity index (χ1n) is 14.8. The van der Waals surface area contributed by atoms with Gasteiger partial charge in [0.2, 0.25) is 18.1 Å². The molecule has 0 bridgehead atoms. The van der Waals surface area contributed by atoms with Gasteiger partial charge in [0, 0.05) is 37.6 Å². The number of amides is 3. The van der Waals surface area contributed by atoms with Gasteiger partial charge in [-0.05, 0) is 44.2 Å². The van der Waals surface area contributed by atoms with Crippen molar-refractivity contribution in [2.75, 3.05) is 27.2 Å². The fourth-order valence-electron chi connectivity index (χ4n) is 6.06. The number of carbonyl (C=O) groups is 2. The van der Waals surface area contributed by atoms with Gasteiger partial charge >= 0.3 is 6.03 Å². The van der Waals surface area contributed by atoms with Crippen molar-refractivity contribution in [1.82, 2.24) is 25.1 Å². The molecule has 10 heteroatoms. The highest BCUT2D eigenvalue weighted by Crippen LogP contribution is 2.43. The third kappa shape index (κ3) is 5.66. The van der Waals surface area contributed by atoms with E-state index in [1.54, 1.807) is 24.0 Å². The van der Waals surface area contributed by atoms with Gasteiger partial charge in [0.25, 0.3) is 0 Å². The number of allylic oxidation sites excluding steroid dienone is 1. The van der Waals surface area contributed by atoms with Gasteiger partial charge in [-0.1, -0.05) is 42.5 Å². The monoisotopic (exact) mass is 582 g/mol. The minimum absolute atomic E-state index is 0.0822. The van der Waals surface area contributed by atoms with Gasteiger partial charge in [0.1, 0.15) is 23.4 Å². The standard InChI is InChI=1S/C33H36N5O5/c1-21-15-25-26(17-28(21)42-3)34-29(22-11-7-6-8-12-22)35-31(25)43-24-16-27-30(40)36-33(20-39)18-23(33)13-9-4-5-10-14-37(2)32(41)38(27)19-24/h6-9,11-13,15,17,23-24,27H,4-5,10,14,16,18-19H2,1-3H3,(H,36,40)/b13-9+. The normalized spacial score (nSPS) is 26.6. The van der Waals surface area contributed by atoms with E-state index in [4.69, 9.17) is 19.4 Å². The van der Waals surface area contributed by atoms with Crippen molar-refractivity contribution in [2.45, 2.75) is 56.7 Å². The van der Waals surface area contributed by atoms with Crippen LogP contribution < -0.4 is 14.8 Å². The highest BCUT2D eigenvalue weighted by molar-refractivity contribution is 5.92. The van der Waals surface area contributed by atoms with Crippen molar-refractivity contribution in [3.8, 4) is 23.0 Å². The summed E-state index contributed by atoms with van der Waals surface area (Å²) in [6.07, 6.45) is 9.00. The van der Waals surface area contributed by atoms with Crippen LogP contribution in [0.4, 0.5) is 4.79 Å². The zero-order chi connectivity index (χ0) is 30.1. The minimum Gasteiger partial charge on any atom is -0.496 e. The lowest BCUT2D eigenvalue weighted by Crippen LogP contribution is -2.53. The lowest BCUT2D eigenvalue weighted by Gasteiger charge is -2.29. The Morgan fingerprint density at radius 2 is 1.93 bits per heavy atom. The summed E-state index contributed by atoms with van der Waals surface area (Å²) in [5.41, 5.74) is 1.35. The van der Waals surface area contributed by atoms with E-state index in [-0.39, 0.29) is 30.8 Å². The molecule has 1 saturated carbocycles. The van der Waals surface area contributed by atoms with E-state index in [2.05, 4.69) is 17.7 Å². The molecule has 1 saturated heterocycles. The molecule has 2 aliphatic heterocycles. The number of aromatic nitrogens is 2. The second-order valence-electron chi connectivity index (χ2n) is 11.7. The molecule has 4 unspecified atom stereocenters. The second-order valence-corrected chi connectivity index (χ2v) is 11.7. The number of urea groups is 1. The van der Waals surface area contributed by atoms with Crippen LogP contribution in [0.25, 0.3) is 22.3 Å². The van der Waals surface area contributed by atoms with E-state index in [9.17, 15) is 14.4 Å². The van der Waals surface area contributed by atoms with Crippen LogP contribution in [0.5, 0.6) is 11.6 Å². The minimum atomic E-state index is -1.04. The van der Waals surface area contributed by atoms with Crippen molar-refractivity contribution in [2.24, 2.45) is 5.92 Å². The molecule has 10 nitrogen and oxygen atoms in total. The molecular formula is C33H36N5O5. The van der Waals surface area contributed by atoms with Gasteiger partial charge in [0.15, 0.2) is 5.82 Å². The van der Waals surface area contributed by atoms with Crippen molar-refractivity contribution in [1.29, 1.82) is 0 Å². The molecule has 3 aromatic rings. The topological polar surface area (TPSA) is 114 Å². The summed E-state index contributed by atoms with van der Waals surface area (Å²) < 4.78 is 12.1. The Bertz CT molecular complexity index is 1580. The maximum atomic E-state index is 13.7. The number of hydrogen-bond acceptors (Lipinski definition) is 7. The van der Waals surface area contributed by atoms with Gasteiger partial charge in [-0.25, -0.2) is 9.78 Å². The van der Waals surface area contributed by atoms with Crippen molar-refractivity contribution in [3.63, 3.8) is 0 Å². The summed E-state index contributed by atoms with van der Waals surface area (Å²) in [4.78, 5) is 52.1. The maximum Gasteiger partial charge on any atom is 0.320 e. The van der Waals surface area contributed by atoms with E-state index in [0.29, 0.717) is 41.3 Å². The van der Waals surface area contributed by atoms with Gasteiger partial charge in [-0.3, -0.25) is 9.59 Å². The van der Waals surface area contributed by atoms with Crippen LogP contribution in [0.3, 0.4) is 0 Å². The molecule has 3 heterocycles. The number of hydrogen-bond donors (Lipinski definition) is 1. The number of aryl methyl sites for hydroxylation is 1. The van der Waals surface area contributed by atoms with E-state index in [1.807, 2.05) is 55.5 Å². The average molecular weight is 583 g/mol. The summed E-state index contributed by atoms with van der Waals surface area (Å²) in [6, 6.07) is 12.4. The van der Waals surface area contributed by atoms with Crippen molar-refractivity contribution < 1.29 is 23.9 Å². The third-order valence-electron chi connectivity index (χ3n) is 8.65. The lowest BCUT2D eigenvalue weighted by atomic mass is 10.1. The van der Waals surface area contributed by atoms with Gasteiger partial charge in [-0.15, -0.1) is 0 Å². The number of methoxy groups -OCH3 is 1. The molecular weight excluding hydrogens is 546 g/mol. The quantitative estimate of drug-likeness (QED) is 0.449. The highest BCUT2D eigenvalue weighted by Gasteiger charge is 2.56. The number of benzene rings is 2. The van der Waals surface area contributed by atoms with E-state index < -0.39 is 17.7 Å². The van der Waals surface area contributed by atoms with Crippen LogP contribution in [-0.4, -0.2) is 82.9 Å². The lowest BCUT2D eigenvalue weighted by molar-refractivity contribution is -0.125. The van der Waals surface area contributed by atoms with E-state index >= 15 is 0 Å². The van der Waals surface area contributed by atoms with Crippen LogP contribution in [-0.2, 0) is 9.59 Å². The molecule has 1 aliphatic carbocycles. The maximum absolute atomic E-state index is 13.7. The molecule has 43 heavy (non-hydrogen) atoms. The Labute approximate surface area is 251 Å². The Hall–Kier alpha value is -4.47. The summed E-state index contributed by atoms with van der Waals surface area (Å²) in [7, 11) is 3.37. The smallest absolute Gasteiger partial charge is 0.320 e. The zero-order valence-electron chi connectivity index (χ0n) is 24.7. The molecule has 2 fully saturated rings. The fourth-order valence-corrected chi connectivity index (χ4v) is 6.06. The number of fused-ring (bicyclic) bond motifs is 3. The van der Waals surface area contributed by atoms with E-state index in [1.165, 1.54) is 0 Å². The molecule has 0 spiro atoms.